The Bertz CT molecular complexity index is 434. The first-order valence-electron chi connectivity index (χ1n) is 7.48. The first-order valence-corrected chi connectivity index (χ1v) is 7.48. The Labute approximate surface area is 132 Å². The minimum Gasteiger partial charge on any atom is -0.374 e. The zero-order valence-electron chi connectivity index (χ0n) is 12.3. The molecule has 0 bridgehead atoms. The van der Waals surface area contributed by atoms with Crippen LogP contribution in [-0.4, -0.2) is 18.6 Å². The average molecular weight is 313 g/mol. The molecule has 0 unspecified atom stereocenters. The molecule has 4 nitrogen and oxygen atoms in total. The maximum atomic E-state index is 11.5. The van der Waals surface area contributed by atoms with Crippen LogP contribution in [0.2, 0.25) is 0 Å². The Hall–Kier alpha value is -1.10. The molecule has 1 aliphatic carbocycles. The summed E-state index contributed by atoms with van der Waals surface area (Å²) in [5.41, 5.74) is 7.27. The number of hydrogen-bond donors (Lipinski definition) is 2. The van der Waals surface area contributed by atoms with Crippen molar-refractivity contribution in [2.45, 2.75) is 51.2 Å². The van der Waals surface area contributed by atoms with Gasteiger partial charge in [0.25, 0.3) is 0 Å². The molecule has 1 aliphatic rings. The van der Waals surface area contributed by atoms with Crippen molar-refractivity contribution in [1.29, 1.82) is 0 Å². The van der Waals surface area contributed by atoms with Crippen molar-refractivity contribution in [1.82, 2.24) is 0 Å². The molecular formula is C16H25ClN2O2. The largest absolute Gasteiger partial charge is 0.374 e. The fourth-order valence-corrected chi connectivity index (χ4v) is 2.54. The summed E-state index contributed by atoms with van der Waals surface area (Å²) in [4.78, 5) is 11.5. The number of rotatable bonds is 6. The molecule has 0 saturated heterocycles. The van der Waals surface area contributed by atoms with E-state index in [4.69, 9.17) is 10.5 Å². The molecule has 0 aromatic heterocycles. The van der Waals surface area contributed by atoms with Gasteiger partial charge in [-0.2, -0.15) is 0 Å². The van der Waals surface area contributed by atoms with Crippen molar-refractivity contribution in [3.05, 3.63) is 29.8 Å². The van der Waals surface area contributed by atoms with Crippen molar-refractivity contribution < 1.29 is 9.53 Å². The highest BCUT2D eigenvalue weighted by Gasteiger charge is 2.13. The zero-order chi connectivity index (χ0) is 14.2. The number of hydrogen-bond acceptors (Lipinski definition) is 3. The molecule has 1 aromatic carbocycles. The van der Waals surface area contributed by atoms with Gasteiger partial charge in [0, 0.05) is 18.7 Å². The summed E-state index contributed by atoms with van der Waals surface area (Å²) >= 11 is 0. The Morgan fingerprint density at radius 2 is 2.05 bits per heavy atom. The first-order chi connectivity index (χ1) is 9.78. The summed E-state index contributed by atoms with van der Waals surface area (Å²) < 4.78 is 5.94. The lowest BCUT2D eigenvalue weighted by molar-refractivity contribution is -0.116. The van der Waals surface area contributed by atoms with Crippen LogP contribution in [0, 0.1) is 0 Å². The Morgan fingerprint density at radius 3 is 2.76 bits per heavy atom. The monoisotopic (exact) mass is 312 g/mol. The summed E-state index contributed by atoms with van der Waals surface area (Å²) in [6.07, 6.45) is 6.99. The number of ether oxygens (including phenoxy) is 1. The van der Waals surface area contributed by atoms with E-state index < -0.39 is 0 Å². The number of benzene rings is 1. The number of anilines is 1. The Balaban J connectivity index is 0.00000220. The van der Waals surface area contributed by atoms with Crippen molar-refractivity contribution in [3.63, 3.8) is 0 Å². The average Bonchev–Trinajstić information content (AvgIpc) is 2.47. The quantitative estimate of drug-likeness (QED) is 0.847. The van der Waals surface area contributed by atoms with Crippen LogP contribution in [0.25, 0.3) is 0 Å². The van der Waals surface area contributed by atoms with Crippen LogP contribution in [0.15, 0.2) is 24.3 Å². The van der Waals surface area contributed by atoms with Gasteiger partial charge in [-0.3, -0.25) is 4.79 Å². The van der Waals surface area contributed by atoms with Crippen LogP contribution < -0.4 is 11.1 Å². The fraction of sp³-hybridized carbons (Fsp3) is 0.562. The Morgan fingerprint density at radius 1 is 1.29 bits per heavy atom. The first kappa shape index (κ1) is 18.0. The van der Waals surface area contributed by atoms with Crippen LogP contribution in [0.4, 0.5) is 5.69 Å². The van der Waals surface area contributed by atoms with E-state index in [1.165, 1.54) is 32.1 Å². The fourth-order valence-electron chi connectivity index (χ4n) is 2.54. The minimum atomic E-state index is -0.0437. The molecule has 0 aliphatic heterocycles. The molecule has 1 amide bonds. The lowest BCUT2D eigenvalue weighted by Gasteiger charge is -2.22. The third-order valence-electron chi connectivity index (χ3n) is 3.62. The van der Waals surface area contributed by atoms with Crippen LogP contribution in [0.1, 0.15) is 44.1 Å². The molecule has 21 heavy (non-hydrogen) atoms. The van der Waals surface area contributed by atoms with Crippen molar-refractivity contribution in [2.24, 2.45) is 5.73 Å². The van der Waals surface area contributed by atoms with E-state index in [0.29, 0.717) is 25.7 Å². The van der Waals surface area contributed by atoms with Gasteiger partial charge in [-0.1, -0.05) is 31.4 Å². The topological polar surface area (TPSA) is 64.4 Å². The van der Waals surface area contributed by atoms with Crippen LogP contribution in [-0.2, 0) is 16.1 Å². The number of amides is 1. The van der Waals surface area contributed by atoms with E-state index in [1.807, 2.05) is 24.3 Å². The van der Waals surface area contributed by atoms with E-state index in [2.05, 4.69) is 5.32 Å². The van der Waals surface area contributed by atoms with Crippen molar-refractivity contribution in [2.75, 3.05) is 11.9 Å². The summed E-state index contributed by atoms with van der Waals surface area (Å²) in [7, 11) is 0. The van der Waals surface area contributed by atoms with Gasteiger partial charge in [0.1, 0.15) is 0 Å². The smallest absolute Gasteiger partial charge is 0.225 e. The number of halogens is 1. The third kappa shape index (κ3) is 6.46. The van der Waals surface area contributed by atoms with Crippen molar-refractivity contribution in [3.8, 4) is 0 Å². The van der Waals surface area contributed by atoms with Gasteiger partial charge in [0.2, 0.25) is 5.91 Å². The summed E-state index contributed by atoms with van der Waals surface area (Å²) in [6, 6.07) is 7.83. The molecule has 1 fully saturated rings. The SMILES string of the molecule is Cl.NCCC(=O)Nc1cccc(COC2CCCCC2)c1. The molecule has 0 atom stereocenters. The van der Waals surface area contributed by atoms with Crippen LogP contribution in [0.3, 0.4) is 0 Å². The number of nitrogens with one attached hydrogen (secondary N) is 1. The van der Waals surface area contributed by atoms with Gasteiger partial charge in [-0.15, -0.1) is 12.4 Å². The van der Waals surface area contributed by atoms with E-state index >= 15 is 0 Å². The molecule has 0 spiro atoms. The summed E-state index contributed by atoms with van der Waals surface area (Å²) in [6.45, 7) is 0.988. The maximum Gasteiger partial charge on any atom is 0.225 e. The highest BCUT2D eigenvalue weighted by Crippen LogP contribution is 2.22. The molecule has 2 rings (SSSR count). The maximum absolute atomic E-state index is 11.5. The molecule has 118 valence electrons. The van der Waals surface area contributed by atoms with Crippen LogP contribution in [0.5, 0.6) is 0 Å². The standard InChI is InChI=1S/C16H24N2O2.ClH/c17-10-9-16(19)18-14-6-4-5-13(11-14)12-20-15-7-2-1-3-8-15;/h4-6,11,15H,1-3,7-10,12,17H2,(H,18,19);1H. The summed E-state index contributed by atoms with van der Waals surface area (Å²) in [5.74, 6) is -0.0437. The second kappa shape index (κ2) is 9.77. The zero-order valence-corrected chi connectivity index (χ0v) is 13.2. The molecule has 1 saturated carbocycles. The lowest BCUT2D eigenvalue weighted by Crippen LogP contribution is -2.17. The highest BCUT2D eigenvalue weighted by atomic mass is 35.5. The lowest BCUT2D eigenvalue weighted by atomic mass is 9.98. The second-order valence-corrected chi connectivity index (χ2v) is 5.36. The van der Waals surface area contributed by atoms with Gasteiger partial charge < -0.3 is 15.8 Å². The van der Waals surface area contributed by atoms with E-state index in [0.717, 1.165) is 11.3 Å². The molecule has 0 heterocycles. The molecular weight excluding hydrogens is 288 g/mol. The predicted octanol–water partition coefficient (Wildman–Crippen LogP) is 3.25. The highest BCUT2D eigenvalue weighted by molar-refractivity contribution is 5.90. The number of nitrogens with two attached hydrogens (primary N) is 1. The van der Waals surface area contributed by atoms with E-state index in [1.54, 1.807) is 0 Å². The molecule has 3 N–H and O–H groups in total. The molecule has 5 heteroatoms. The van der Waals surface area contributed by atoms with Gasteiger partial charge in [-0.25, -0.2) is 0 Å². The van der Waals surface area contributed by atoms with Crippen molar-refractivity contribution >= 4 is 24.0 Å². The predicted molar refractivity (Wildman–Crippen MR) is 87.7 cm³/mol. The molecule has 1 aromatic rings. The van der Waals surface area contributed by atoms with Crippen LogP contribution >= 0.6 is 12.4 Å². The van der Waals surface area contributed by atoms with Gasteiger partial charge in [0.05, 0.1) is 12.7 Å². The normalized spacial score (nSPS) is 15.3. The van der Waals surface area contributed by atoms with E-state index in [9.17, 15) is 4.79 Å². The minimum absolute atomic E-state index is 0. The van der Waals surface area contributed by atoms with E-state index in [-0.39, 0.29) is 18.3 Å². The van der Waals surface area contributed by atoms with Gasteiger partial charge >= 0.3 is 0 Å². The summed E-state index contributed by atoms with van der Waals surface area (Å²) in [5, 5.41) is 2.85. The Kier molecular flexibility index (Phi) is 8.35. The third-order valence-corrected chi connectivity index (χ3v) is 3.62. The van der Waals surface area contributed by atoms with Gasteiger partial charge in [-0.05, 0) is 30.5 Å². The second-order valence-electron chi connectivity index (χ2n) is 5.36. The number of carbonyl (C=O) groups excluding carboxylic acids is 1. The number of carbonyl (C=O) groups is 1. The van der Waals surface area contributed by atoms with Gasteiger partial charge in [0.15, 0.2) is 0 Å². The molecule has 0 radical (unpaired) electrons.